The molecular weight excluding hydrogens is 274 g/mol. The number of nitriles is 1. The van der Waals surface area contributed by atoms with Crippen molar-refractivity contribution in [3.05, 3.63) is 26.6 Å². The van der Waals surface area contributed by atoms with Gasteiger partial charge in [-0.15, -0.1) is 0 Å². The third kappa shape index (κ3) is 1.73. The van der Waals surface area contributed by atoms with Crippen molar-refractivity contribution in [1.29, 1.82) is 5.26 Å². The van der Waals surface area contributed by atoms with Crippen LogP contribution in [0.15, 0.2) is 21.1 Å². The van der Waals surface area contributed by atoms with Crippen LogP contribution in [0.25, 0.3) is 0 Å². The van der Waals surface area contributed by atoms with Crippen molar-refractivity contribution in [2.75, 3.05) is 0 Å². The highest BCUT2D eigenvalue weighted by molar-refractivity contribution is 9.13. The lowest BCUT2D eigenvalue weighted by molar-refractivity contribution is 0.473. The number of benzene rings is 1. The van der Waals surface area contributed by atoms with E-state index < -0.39 is 0 Å². The van der Waals surface area contributed by atoms with Gasteiger partial charge in [-0.3, -0.25) is 0 Å². The van der Waals surface area contributed by atoms with Crippen LogP contribution in [0.3, 0.4) is 0 Å². The summed E-state index contributed by atoms with van der Waals surface area (Å²) >= 11 is 6.40. The van der Waals surface area contributed by atoms with Crippen molar-refractivity contribution in [2.45, 2.75) is 0 Å². The van der Waals surface area contributed by atoms with E-state index in [1.165, 1.54) is 6.07 Å². The molecule has 0 saturated heterocycles. The Bertz CT molecular complexity index is 330. The first-order valence-electron chi connectivity index (χ1n) is 2.73. The number of halogens is 2. The topological polar surface area (TPSA) is 44.0 Å². The van der Waals surface area contributed by atoms with Crippen LogP contribution in [0.4, 0.5) is 0 Å². The number of phenolic OH excluding ortho intramolecular Hbond substituents is 1. The Balaban J connectivity index is 3.35. The number of hydrogen-bond donors (Lipinski definition) is 1. The largest absolute Gasteiger partial charge is 0.507 e. The Morgan fingerprint density at radius 1 is 1.27 bits per heavy atom. The lowest BCUT2D eigenvalue weighted by Gasteiger charge is -1.98. The van der Waals surface area contributed by atoms with E-state index >= 15 is 0 Å². The van der Waals surface area contributed by atoms with E-state index in [1.54, 1.807) is 6.07 Å². The van der Waals surface area contributed by atoms with Gasteiger partial charge in [0.25, 0.3) is 0 Å². The third-order valence-corrected chi connectivity index (χ3v) is 3.00. The van der Waals surface area contributed by atoms with Crippen LogP contribution >= 0.6 is 31.9 Å². The average Bonchev–Trinajstić information content (AvgIpc) is 1.97. The molecule has 0 radical (unpaired) electrons. The average molecular weight is 277 g/mol. The highest BCUT2D eigenvalue weighted by Gasteiger charge is 2.03. The molecule has 0 saturated carbocycles. The highest BCUT2D eigenvalue weighted by Crippen LogP contribution is 2.29. The van der Waals surface area contributed by atoms with Gasteiger partial charge in [0.1, 0.15) is 11.8 Å². The van der Waals surface area contributed by atoms with Crippen LogP contribution in [-0.2, 0) is 0 Å². The second-order valence-electron chi connectivity index (χ2n) is 1.90. The van der Waals surface area contributed by atoms with E-state index in [1.807, 2.05) is 6.07 Å². The highest BCUT2D eigenvalue weighted by atomic mass is 79.9. The minimum atomic E-state index is -0.0115. The van der Waals surface area contributed by atoms with Crippen LogP contribution in [0.1, 0.15) is 5.56 Å². The maximum atomic E-state index is 9.14. The molecule has 0 aliphatic heterocycles. The second-order valence-corrected chi connectivity index (χ2v) is 3.60. The minimum absolute atomic E-state index is 0.0115. The van der Waals surface area contributed by atoms with E-state index in [2.05, 4.69) is 31.9 Å². The summed E-state index contributed by atoms with van der Waals surface area (Å²) < 4.78 is 1.49. The first-order valence-corrected chi connectivity index (χ1v) is 4.32. The Hall–Kier alpha value is -0.530. The monoisotopic (exact) mass is 275 g/mol. The number of hydrogen-bond acceptors (Lipinski definition) is 2. The van der Waals surface area contributed by atoms with Crippen molar-refractivity contribution >= 4 is 31.9 Å². The van der Waals surface area contributed by atoms with Crippen molar-refractivity contribution in [3.8, 4) is 11.8 Å². The van der Waals surface area contributed by atoms with E-state index in [-0.39, 0.29) is 11.3 Å². The van der Waals surface area contributed by atoms with Gasteiger partial charge in [-0.2, -0.15) is 5.26 Å². The molecule has 0 aliphatic carbocycles. The van der Waals surface area contributed by atoms with Crippen LogP contribution in [0.5, 0.6) is 5.75 Å². The molecule has 0 aliphatic rings. The first-order chi connectivity index (χ1) is 5.15. The Labute approximate surface area is 80.7 Å². The summed E-state index contributed by atoms with van der Waals surface area (Å²) in [5.41, 5.74) is 0.264. The van der Waals surface area contributed by atoms with Crippen molar-refractivity contribution < 1.29 is 5.11 Å². The molecule has 0 unspecified atom stereocenters. The lowest BCUT2D eigenvalue weighted by Crippen LogP contribution is -1.77. The van der Waals surface area contributed by atoms with E-state index in [9.17, 15) is 0 Å². The zero-order valence-corrected chi connectivity index (χ0v) is 8.48. The molecule has 1 aromatic carbocycles. The van der Waals surface area contributed by atoms with E-state index in [0.29, 0.717) is 0 Å². The maximum absolute atomic E-state index is 9.14. The fraction of sp³-hybridized carbons (Fsp3) is 0. The van der Waals surface area contributed by atoms with Gasteiger partial charge in [0, 0.05) is 8.95 Å². The van der Waals surface area contributed by atoms with Gasteiger partial charge in [-0.05, 0) is 44.0 Å². The summed E-state index contributed by atoms with van der Waals surface area (Å²) in [6.45, 7) is 0. The number of nitrogens with zero attached hydrogens (tertiary/aromatic N) is 1. The molecule has 11 heavy (non-hydrogen) atoms. The molecule has 1 rings (SSSR count). The van der Waals surface area contributed by atoms with Gasteiger partial charge in [-0.25, -0.2) is 0 Å². The smallest absolute Gasteiger partial charge is 0.134 e. The summed E-state index contributed by atoms with van der Waals surface area (Å²) in [6, 6.07) is 4.89. The molecule has 0 atom stereocenters. The predicted molar refractivity (Wildman–Crippen MR) is 48.2 cm³/mol. The molecular formula is C7H3Br2NO. The van der Waals surface area contributed by atoms with Crippen molar-refractivity contribution in [1.82, 2.24) is 0 Å². The lowest BCUT2D eigenvalue weighted by atomic mass is 10.2. The summed E-state index contributed by atoms with van der Waals surface area (Å²) in [6.07, 6.45) is 0. The fourth-order valence-electron chi connectivity index (χ4n) is 0.626. The summed E-state index contributed by atoms with van der Waals surface area (Å²) in [7, 11) is 0. The normalized spacial score (nSPS) is 9.18. The van der Waals surface area contributed by atoms with Crippen LogP contribution < -0.4 is 0 Å². The predicted octanol–water partition coefficient (Wildman–Crippen LogP) is 2.79. The summed E-state index contributed by atoms with van der Waals surface area (Å²) in [4.78, 5) is 0. The molecule has 4 heteroatoms. The molecule has 0 heterocycles. The molecule has 2 nitrogen and oxygen atoms in total. The first kappa shape index (κ1) is 8.57. The molecule has 56 valence electrons. The van der Waals surface area contributed by atoms with Crippen molar-refractivity contribution in [3.63, 3.8) is 0 Å². The maximum Gasteiger partial charge on any atom is 0.134 e. The Kier molecular flexibility index (Phi) is 2.53. The SMILES string of the molecule is N#Cc1cc(Br)c(Br)cc1O. The van der Waals surface area contributed by atoms with Crippen molar-refractivity contribution in [2.24, 2.45) is 0 Å². The molecule has 0 bridgehead atoms. The zero-order valence-electron chi connectivity index (χ0n) is 5.31. The fourth-order valence-corrected chi connectivity index (χ4v) is 1.30. The minimum Gasteiger partial charge on any atom is -0.507 e. The zero-order chi connectivity index (χ0) is 8.43. The van der Waals surface area contributed by atoms with Gasteiger partial charge in [-0.1, -0.05) is 0 Å². The van der Waals surface area contributed by atoms with Crippen LogP contribution in [0.2, 0.25) is 0 Å². The molecule has 0 aromatic heterocycles. The van der Waals surface area contributed by atoms with E-state index in [0.717, 1.165) is 8.95 Å². The number of phenols is 1. The number of rotatable bonds is 0. The van der Waals surface area contributed by atoms with Crippen LogP contribution in [0, 0.1) is 11.3 Å². The van der Waals surface area contributed by atoms with Gasteiger partial charge < -0.3 is 5.11 Å². The summed E-state index contributed by atoms with van der Waals surface area (Å²) in [5, 5.41) is 17.6. The van der Waals surface area contributed by atoms with Gasteiger partial charge in [0.2, 0.25) is 0 Å². The molecule has 0 amide bonds. The van der Waals surface area contributed by atoms with E-state index in [4.69, 9.17) is 10.4 Å². The molecule has 0 spiro atoms. The standard InChI is InChI=1S/C7H3Br2NO/c8-5-1-4(3-10)7(11)2-6(5)9/h1-2,11H. The molecule has 0 fully saturated rings. The second kappa shape index (κ2) is 3.24. The summed E-state index contributed by atoms with van der Waals surface area (Å²) in [5.74, 6) is -0.0115. The van der Waals surface area contributed by atoms with Gasteiger partial charge in [0.05, 0.1) is 5.56 Å². The number of aromatic hydroxyl groups is 1. The third-order valence-electron chi connectivity index (χ3n) is 1.16. The Morgan fingerprint density at radius 3 is 2.36 bits per heavy atom. The van der Waals surface area contributed by atoms with Crippen LogP contribution in [-0.4, -0.2) is 5.11 Å². The van der Waals surface area contributed by atoms with Gasteiger partial charge >= 0.3 is 0 Å². The molecule has 1 N–H and O–H groups in total. The Morgan fingerprint density at radius 2 is 1.82 bits per heavy atom. The quantitative estimate of drug-likeness (QED) is 0.792. The van der Waals surface area contributed by atoms with Gasteiger partial charge in [0.15, 0.2) is 0 Å². The molecule has 1 aromatic rings.